The number of tetrazole rings is 1. The lowest BCUT2D eigenvalue weighted by Gasteiger charge is -2.02. The first-order valence-electron chi connectivity index (χ1n) is 5.32. The highest BCUT2D eigenvalue weighted by atomic mass is 127. The van der Waals surface area contributed by atoms with E-state index in [0.29, 0.717) is 10.3 Å². The Labute approximate surface area is 126 Å². The van der Waals surface area contributed by atoms with Crippen LogP contribution in [0.25, 0.3) is 5.69 Å². The van der Waals surface area contributed by atoms with Gasteiger partial charge in [0.25, 0.3) is 0 Å². The number of hydrogen-bond donors (Lipinski definition) is 0. The van der Waals surface area contributed by atoms with Gasteiger partial charge in [0.05, 0.1) is 5.69 Å². The van der Waals surface area contributed by atoms with Crippen molar-refractivity contribution in [3.05, 3.63) is 46.3 Å². The molecule has 3 aromatic rings. The lowest BCUT2D eigenvalue weighted by atomic mass is 10.3. The molecular weight excluding hydrogens is 375 g/mol. The molecule has 0 N–H and O–H groups in total. The maximum Gasteiger partial charge on any atom is 0.221 e. The number of benzene rings is 1. The first-order valence-corrected chi connectivity index (χ1v) is 7.21. The molecule has 3 rings (SSSR count). The molecule has 94 valence electrons. The molecule has 0 spiro atoms. The zero-order valence-corrected chi connectivity index (χ0v) is 12.5. The SMILES string of the molecule is Ic1cnc(Sc2nnnn2-c2ccccc2)nc1. The Morgan fingerprint density at radius 1 is 1.05 bits per heavy atom. The van der Waals surface area contributed by atoms with Crippen molar-refractivity contribution in [3.63, 3.8) is 0 Å². The summed E-state index contributed by atoms with van der Waals surface area (Å²) >= 11 is 3.49. The molecule has 0 bridgehead atoms. The molecule has 1 aromatic carbocycles. The first-order chi connectivity index (χ1) is 9.33. The smallest absolute Gasteiger partial charge is 0.221 e. The van der Waals surface area contributed by atoms with E-state index in [4.69, 9.17) is 0 Å². The van der Waals surface area contributed by atoms with Crippen LogP contribution in [0.2, 0.25) is 0 Å². The monoisotopic (exact) mass is 382 g/mol. The third-order valence-electron chi connectivity index (χ3n) is 2.22. The van der Waals surface area contributed by atoms with Gasteiger partial charge in [-0.25, -0.2) is 9.97 Å². The molecule has 0 aliphatic carbocycles. The summed E-state index contributed by atoms with van der Waals surface area (Å²) in [7, 11) is 0. The van der Waals surface area contributed by atoms with Gasteiger partial charge in [-0.15, -0.1) is 5.10 Å². The number of halogens is 1. The highest BCUT2D eigenvalue weighted by molar-refractivity contribution is 14.1. The van der Waals surface area contributed by atoms with Crippen LogP contribution in [0.1, 0.15) is 0 Å². The van der Waals surface area contributed by atoms with Gasteiger partial charge in [-0.2, -0.15) is 4.68 Å². The molecule has 8 heteroatoms. The lowest BCUT2D eigenvalue weighted by Crippen LogP contribution is -1.99. The molecule has 0 amide bonds. The topological polar surface area (TPSA) is 69.4 Å². The van der Waals surface area contributed by atoms with E-state index in [1.807, 2.05) is 30.3 Å². The van der Waals surface area contributed by atoms with E-state index < -0.39 is 0 Å². The maximum absolute atomic E-state index is 4.22. The average molecular weight is 382 g/mol. The molecule has 0 radical (unpaired) electrons. The van der Waals surface area contributed by atoms with Crippen molar-refractivity contribution < 1.29 is 0 Å². The summed E-state index contributed by atoms with van der Waals surface area (Å²) < 4.78 is 2.65. The second-order valence-corrected chi connectivity index (χ2v) is 5.67. The van der Waals surface area contributed by atoms with Crippen molar-refractivity contribution in [2.75, 3.05) is 0 Å². The Kier molecular flexibility index (Phi) is 3.69. The van der Waals surface area contributed by atoms with Crippen molar-refractivity contribution in [2.24, 2.45) is 0 Å². The molecule has 0 fully saturated rings. The van der Waals surface area contributed by atoms with Crippen molar-refractivity contribution in [1.29, 1.82) is 0 Å². The van der Waals surface area contributed by atoms with Crippen LogP contribution in [0.3, 0.4) is 0 Å². The van der Waals surface area contributed by atoms with E-state index in [0.717, 1.165) is 9.26 Å². The molecule has 0 saturated carbocycles. The van der Waals surface area contributed by atoms with Crippen molar-refractivity contribution in [2.45, 2.75) is 10.3 Å². The fraction of sp³-hybridized carbons (Fsp3) is 0. The standard InChI is InChI=1S/C11H7IN6S/c12-8-6-13-10(14-7-8)19-11-15-16-17-18(11)9-4-2-1-3-5-9/h1-7H. The number of nitrogens with zero attached hydrogens (tertiary/aromatic N) is 6. The number of hydrogen-bond acceptors (Lipinski definition) is 6. The summed E-state index contributed by atoms with van der Waals surface area (Å²) in [5.41, 5.74) is 0.903. The summed E-state index contributed by atoms with van der Waals surface area (Å²) in [5.74, 6) is 0. The van der Waals surface area contributed by atoms with Crippen molar-refractivity contribution in [3.8, 4) is 5.69 Å². The lowest BCUT2D eigenvalue weighted by molar-refractivity contribution is 0.754. The van der Waals surface area contributed by atoms with E-state index in [-0.39, 0.29) is 0 Å². The molecule has 2 aromatic heterocycles. The van der Waals surface area contributed by atoms with E-state index in [1.54, 1.807) is 17.1 Å². The minimum atomic E-state index is 0.618. The fourth-order valence-electron chi connectivity index (χ4n) is 1.41. The zero-order valence-electron chi connectivity index (χ0n) is 9.51. The van der Waals surface area contributed by atoms with Crippen LogP contribution in [0.5, 0.6) is 0 Å². The van der Waals surface area contributed by atoms with Crippen LogP contribution in [0, 0.1) is 3.57 Å². The Balaban J connectivity index is 1.91. The Bertz CT molecular complexity index is 669. The van der Waals surface area contributed by atoms with E-state index in [9.17, 15) is 0 Å². The molecule has 0 saturated heterocycles. The summed E-state index contributed by atoms with van der Waals surface area (Å²) in [5, 5.41) is 12.9. The Morgan fingerprint density at radius 2 is 1.79 bits per heavy atom. The molecule has 19 heavy (non-hydrogen) atoms. The van der Waals surface area contributed by atoms with Crippen LogP contribution in [0.15, 0.2) is 53.0 Å². The predicted octanol–water partition coefficient (Wildman–Crippen LogP) is 2.21. The number of para-hydroxylation sites is 1. The van der Waals surface area contributed by atoms with Crippen LogP contribution < -0.4 is 0 Å². The normalized spacial score (nSPS) is 10.6. The summed E-state index contributed by atoms with van der Waals surface area (Å²) in [6, 6.07) is 9.70. The third kappa shape index (κ3) is 2.89. The highest BCUT2D eigenvalue weighted by Crippen LogP contribution is 2.23. The van der Waals surface area contributed by atoms with Crippen LogP contribution in [0.4, 0.5) is 0 Å². The van der Waals surface area contributed by atoms with E-state index >= 15 is 0 Å². The van der Waals surface area contributed by atoms with Gasteiger partial charge >= 0.3 is 0 Å². The molecule has 2 heterocycles. The predicted molar refractivity (Wildman–Crippen MR) is 78.0 cm³/mol. The van der Waals surface area contributed by atoms with Gasteiger partial charge in [-0.3, -0.25) is 0 Å². The number of rotatable bonds is 3. The van der Waals surface area contributed by atoms with Crippen molar-refractivity contribution in [1.82, 2.24) is 30.2 Å². The van der Waals surface area contributed by atoms with Crippen LogP contribution in [-0.2, 0) is 0 Å². The van der Waals surface area contributed by atoms with Gasteiger partial charge < -0.3 is 0 Å². The van der Waals surface area contributed by atoms with Gasteiger partial charge in [0.2, 0.25) is 5.16 Å². The molecule has 0 unspecified atom stereocenters. The molecule has 0 aliphatic rings. The minimum Gasteiger partial charge on any atom is -0.230 e. The fourth-order valence-corrected chi connectivity index (χ4v) is 2.37. The van der Waals surface area contributed by atoms with E-state index in [2.05, 4.69) is 48.1 Å². The summed E-state index contributed by atoms with van der Waals surface area (Å²) in [6.07, 6.45) is 3.51. The largest absolute Gasteiger partial charge is 0.230 e. The molecule has 0 atom stereocenters. The van der Waals surface area contributed by atoms with Gasteiger partial charge in [-0.1, -0.05) is 18.2 Å². The first kappa shape index (κ1) is 12.5. The average Bonchev–Trinajstić information content (AvgIpc) is 2.90. The third-order valence-corrected chi connectivity index (χ3v) is 3.61. The number of aromatic nitrogens is 6. The Morgan fingerprint density at radius 3 is 2.53 bits per heavy atom. The molecular formula is C11H7IN6S. The van der Waals surface area contributed by atoms with Crippen molar-refractivity contribution >= 4 is 34.4 Å². The zero-order chi connectivity index (χ0) is 13.1. The Hall–Kier alpha value is -1.55. The highest BCUT2D eigenvalue weighted by Gasteiger charge is 2.11. The summed E-state index contributed by atoms with van der Waals surface area (Å²) in [4.78, 5) is 8.45. The second-order valence-electron chi connectivity index (χ2n) is 3.49. The second kappa shape index (κ2) is 5.61. The van der Waals surface area contributed by atoms with Gasteiger partial charge in [0.1, 0.15) is 0 Å². The van der Waals surface area contributed by atoms with Crippen LogP contribution in [-0.4, -0.2) is 30.2 Å². The summed E-state index contributed by atoms with van der Waals surface area (Å²) in [6.45, 7) is 0. The van der Waals surface area contributed by atoms with Gasteiger partial charge in [0, 0.05) is 16.0 Å². The van der Waals surface area contributed by atoms with Gasteiger partial charge in [0.15, 0.2) is 5.16 Å². The minimum absolute atomic E-state index is 0.618. The quantitative estimate of drug-likeness (QED) is 0.511. The van der Waals surface area contributed by atoms with E-state index in [1.165, 1.54) is 11.8 Å². The molecule has 0 aliphatic heterocycles. The molecule has 6 nitrogen and oxygen atoms in total. The van der Waals surface area contributed by atoms with Gasteiger partial charge in [-0.05, 0) is 56.9 Å². The maximum atomic E-state index is 4.22. The van der Waals surface area contributed by atoms with Crippen LogP contribution >= 0.6 is 34.4 Å².